The predicted molar refractivity (Wildman–Crippen MR) is 75.4 cm³/mol. The van der Waals surface area contributed by atoms with Gasteiger partial charge in [-0.1, -0.05) is 13.3 Å². The van der Waals surface area contributed by atoms with Gasteiger partial charge in [-0.05, 0) is 42.6 Å². The van der Waals surface area contributed by atoms with Crippen LogP contribution in [0.2, 0.25) is 0 Å². The Hall–Kier alpha value is -1.76. The average Bonchev–Trinajstić information content (AvgIpc) is 2.97. The van der Waals surface area contributed by atoms with E-state index in [9.17, 15) is 0 Å². The van der Waals surface area contributed by atoms with Crippen LogP contribution >= 0.6 is 0 Å². The highest BCUT2D eigenvalue weighted by Crippen LogP contribution is 2.55. The van der Waals surface area contributed by atoms with Gasteiger partial charge in [-0.2, -0.15) is 5.26 Å². The number of nitrogens with zero attached hydrogens (tertiary/aromatic N) is 2. The first-order valence-electron chi connectivity index (χ1n) is 7.01. The number of hydrogen-bond donors (Lipinski definition) is 2. The van der Waals surface area contributed by atoms with Crippen molar-refractivity contribution in [2.45, 2.75) is 32.6 Å². The van der Waals surface area contributed by atoms with Crippen molar-refractivity contribution in [3.8, 4) is 6.07 Å². The minimum absolute atomic E-state index is 0.311. The van der Waals surface area contributed by atoms with E-state index in [1.54, 1.807) is 6.20 Å². The summed E-state index contributed by atoms with van der Waals surface area (Å²) in [7, 11) is 0. The first kappa shape index (κ1) is 12.3. The van der Waals surface area contributed by atoms with Gasteiger partial charge in [0.15, 0.2) is 0 Å². The molecule has 0 spiro atoms. The van der Waals surface area contributed by atoms with Crippen molar-refractivity contribution in [2.24, 2.45) is 17.3 Å². The second-order valence-electron chi connectivity index (χ2n) is 6.32. The summed E-state index contributed by atoms with van der Waals surface area (Å²) < 4.78 is 0. The number of fused-ring (bicyclic) bond motifs is 2. The maximum Gasteiger partial charge on any atom is 0.143 e. The SMILES string of the molecule is CC1(CNc2ccnc(N)c2C#N)CC2CCC1C2. The van der Waals surface area contributed by atoms with Crippen molar-refractivity contribution in [1.82, 2.24) is 4.98 Å². The van der Waals surface area contributed by atoms with Gasteiger partial charge in [0.25, 0.3) is 0 Å². The number of hydrogen-bond acceptors (Lipinski definition) is 4. The molecule has 1 aromatic rings. The molecule has 1 aromatic heterocycles. The molecule has 100 valence electrons. The van der Waals surface area contributed by atoms with Gasteiger partial charge in [0.1, 0.15) is 17.5 Å². The minimum Gasteiger partial charge on any atom is -0.383 e. The normalized spacial score (nSPS) is 32.2. The van der Waals surface area contributed by atoms with Crippen molar-refractivity contribution >= 4 is 11.5 Å². The van der Waals surface area contributed by atoms with Crippen molar-refractivity contribution in [3.63, 3.8) is 0 Å². The molecule has 0 saturated heterocycles. The molecule has 2 saturated carbocycles. The molecule has 0 radical (unpaired) electrons. The molecule has 4 heteroatoms. The summed E-state index contributed by atoms with van der Waals surface area (Å²) in [6, 6.07) is 3.97. The van der Waals surface area contributed by atoms with E-state index < -0.39 is 0 Å². The summed E-state index contributed by atoms with van der Waals surface area (Å²) in [6.45, 7) is 3.30. The van der Waals surface area contributed by atoms with Crippen LogP contribution in [0.3, 0.4) is 0 Å². The third-order valence-corrected chi connectivity index (χ3v) is 5.06. The molecule has 2 aliphatic carbocycles. The molecule has 3 unspecified atom stereocenters. The smallest absolute Gasteiger partial charge is 0.143 e. The Bertz CT molecular complexity index is 533. The molecule has 2 fully saturated rings. The van der Waals surface area contributed by atoms with Gasteiger partial charge in [-0.15, -0.1) is 0 Å². The largest absolute Gasteiger partial charge is 0.383 e. The molecular formula is C15H20N4. The summed E-state index contributed by atoms with van der Waals surface area (Å²) in [6.07, 6.45) is 7.13. The van der Waals surface area contributed by atoms with Gasteiger partial charge < -0.3 is 11.1 Å². The molecule has 3 N–H and O–H groups in total. The fourth-order valence-corrected chi connectivity index (χ4v) is 3.98. The maximum absolute atomic E-state index is 9.15. The molecule has 0 aromatic carbocycles. The van der Waals surface area contributed by atoms with Gasteiger partial charge in [0.05, 0.1) is 5.69 Å². The van der Waals surface area contributed by atoms with Crippen molar-refractivity contribution in [3.05, 3.63) is 17.8 Å². The lowest BCUT2D eigenvalue weighted by Crippen LogP contribution is -2.32. The van der Waals surface area contributed by atoms with Crippen LogP contribution in [0, 0.1) is 28.6 Å². The summed E-state index contributed by atoms with van der Waals surface area (Å²) in [5.74, 6) is 2.08. The summed E-state index contributed by atoms with van der Waals surface area (Å²) in [4.78, 5) is 3.96. The van der Waals surface area contributed by atoms with E-state index >= 15 is 0 Å². The molecule has 0 aliphatic heterocycles. The van der Waals surface area contributed by atoms with Crippen LogP contribution in [-0.2, 0) is 0 Å². The third kappa shape index (κ3) is 2.03. The molecular weight excluding hydrogens is 236 g/mol. The molecule has 19 heavy (non-hydrogen) atoms. The molecule has 4 nitrogen and oxygen atoms in total. The van der Waals surface area contributed by atoms with E-state index in [2.05, 4.69) is 23.3 Å². The standard InChI is InChI=1S/C15H20N4/c1-15(7-10-2-3-11(15)6-10)9-19-13-4-5-18-14(17)12(13)8-16/h4-5,10-11H,2-3,6-7,9H2,1H3,(H3,17,18,19). The Labute approximate surface area is 114 Å². The van der Waals surface area contributed by atoms with Crippen LogP contribution in [0.1, 0.15) is 38.2 Å². The number of nitrogen functional groups attached to an aromatic ring is 1. The van der Waals surface area contributed by atoms with Gasteiger partial charge in [-0.25, -0.2) is 4.98 Å². The Kier molecular flexibility index (Phi) is 2.85. The Morgan fingerprint density at radius 2 is 2.42 bits per heavy atom. The van der Waals surface area contributed by atoms with Crippen LogP contribution in [-0.4, -0.2) is 11.5 Å². The van der Waals surface area contributed by atoms with Gasteiger partial charge >= 0.3 is 0 Å². The van der Waals surface area contributed by atoms with E-state index in [4.69, 9.17) is 11.0 Å². The Balaban J connectivity index is 1.74. The highest BCUT2D eigenvalue weighted by molar-refractivity contribution is 5.66. The number of nitrogens with two attached hydrogens (primary N) is 1. The van der Waals surface area contributed by atoms with Crippen LogP contribution < -0.4 is 11.1 Å². The molecule has 3 atom stereocenters. The van der Waals surface area contributed by atoms with Crippen molar-refractivity contribution in [2.75, 3.05) is 17.6 Å². The fraction of sp³-hybridized carbons (Fsp3) is 0.600. The molecule has 0 amide bonds. The van der Waals surface area contributed by atoms with E-state index in [0.29, 0.717) is 16.8 Å². The lowest BCUT2D eigenvalue weighted by atomic mass is 9.74. The number of rotatable bonds is 3. The summed E-state index contributed by atoms with van der Waals surface area (Å²) in [5.41, 5.74) is 7.39. The quantitative estimate of drug-likeness (QED) is 0.872. The topological polar surface area (TPSA) is 74.7 Å². The minimum atomic E-state index is 0.311. The van der Waals surface area contributed by atoms with Crippen molar-refractivity contribution in [1.29, 1.82) is 5.26 Å². The lowest BCUT2D eigenvalue weighted by molar-refractivity contribution is 0.206. The third-order valence-electron chi connectivity index (χ3n) is 5.06. The molecule has 1 heterocycles. The number of pyridine rings is 1. The zero-order valence-electron chi connectivity index (χ0n) is 11.3. The zero-order valence-corrected chi connectivity index (χ0v) is 11.3. The highest BCUT2D eigenvalue weighted by atomic mass is 14.9. The zero-order chi connectivity index (χ0) is 13.5. The number of nitriles is 1. The fourth-order valence-electron chi connectivity index (χ4n) is 3.98. The van der Waals surface area contributed by atoms with Gasteiger partial charge in [0, 0.05) is 12.7 Å². The van der Waals surface area contributed by atoms with Crippen LogP contribution in [0.25, 0.3) is 0 Å². The average molecular weight is 256 g/mol. The van der Waals surface area contributed by atoms with E-state index in [1.165, 1.54) is 25.7 Å². The Morgan fingerprint density at radius 1 is 1.58 bits per heavy atom. The van der Waals surface area contributed by atoms with Crippen LogP contribution in [0.5, 0.6) is 0 Å². The predicted octanol–water partition coefficient (Wildman–Crippen LogP) is 2.77. The number of nitrogens with one attached hydrogen (secondary N) is 1. The second-order valence-corrected chi connectivity index (χ2v) is 6.32. The van der Waals surface area contributed by atoms with E-state index in [1.807, 2.05) is 6.07 Å². The molecule has 2 aliphatic rings. The van der Waals surface area contributed by atoms with Crippen LogP contribution in [0.15, 0.2) is 12.3 Å². The molecule has 2 bridgehead atoms. The first-order chi connectivity index (χ1) is 9.12. The van der Waals surface area contributed by atoms with Crippen molar-refractivity contribution < 1.29 is 0 Å². The van der Waals surface area contributed by atoms with Crippen LogP contribution in [0.4, 0.5) is 11.5 Å². The monoisotopic (exact) mass is 256 g/mol. The summed E-state index contributed by atoms with van der Waals surface area (Å²) >= 11 is 0. The summed E-state index contributed by atoms with van der Waals surface area (Å²) in [5, 5.41) is 12.6. The number of aromatic nitrogens is 1. The first-order valence-corrected chi connectivity index (χ1v) is 7.01. The lowest BCUT2D eigenvalue weighted by Gasteiger charge is -2.34. The number of anilines is 2. The second kappa shape index (κ2) is 4.41. The Morgan fingerprint density at radius 3 is 3.05 bits per heavy atom. The maximum atomic E-state index is 9.15. The highest BCUT2D eigenvalue weighted by Gasteiger charge is 2.47. The van der Waals surface area contributed by atoms with Gasteiger partial charge in [0.2, 0.25) is 0 Å². The molecule has 3 rings (SSSR count). The van der Waals surface area contributed by atoms with E-state index in [-0.39, 0.29) is 0 Å². The van der Waals surface area contributed by atoms with E-state index in [0.717, 1.165) is 24.1 Å². The van der Waals surface area contributed by atoms with Gasteiger partial charge in [-0.3, -0.25) is 0 Å².